The second-order valence-electron chi connectivity index (χ2n) is 3.68. The summed E-state index contributed by atoms with van der Waals surface area (Å²) in [5.41, 5.74) is 1.34. The number of aliphatic hydroxyl groups excluding tert-OH is 1. The minimum absolute atomic E-state index is 0.520. The molecule has 1 aliphatic rings. The van der Waals surface area contributed by atoms with Gasteiger partial charge in [-0.3, -0.25) is 0 Å². The summed E-state index contributed by atoms with van der Waals surface area (Å²) in [7, 11) is 0. The molecule has 1 fully saturated rings. The molecule has 2 unspecified atom stereocenters. The molecule has 0 aromatic heterocycles. The molecule has 0 saturated carbocycles. The lowest BCUT2D eigenvalue weighted by Crippen LogP contribution is -2.01. The highest BCUT2D eigenvalue weighted by molar-refractivity contribution is 5.07. The Hall–Kier alpha value is -0.600. The van der Waals surface area contributed by atoms with Crippen LogP contribution in [0.25, 0.3) is 0 Å². The Balaban J connectivity index is 2.19. The van der Waals surface area contributed by atoms with Crippen molar-refractivity contribution in [2.45, 2.75) is 32.5 Å². The molecule has 0 amide bonds. The molecule has 0 radical (unpaired) electrons. The van der Waals surface area contributed by atoms with E-state index in [1.807, 2.05) is 12.2 Å². The first-order chi connectivity index (χ1) is 6.22. The second kappa shape index (κ2) is 5.20. The maximum atomic E-state index is 9.12. The summed E-state index contributed by atoms with van der Waals surface area (Å²) >= 11 is 0. The van der Waals surface area contributed by atoms with E-state index in [-0.39, 0.29) is 0 Å². The number of hydrogen-bond acceptors (Lipinski definition) is 2. The van der Waals surface area contributed by atoms with Crippen LogP contribution in [-0.4, -0.2) is 18.0 Å². The number of allylic oxidation sites excluding steroid dienone is 3. The van der Waals surface area contributed by atoms with Crippen LogP contribution in [0.4, 0.5) is 0 Å². The van der Waals surface area contributed by atoms with Crippen molar-refractivity contribution in [1.29, 1.82) is 0 Å². The fourth-order valence-electron chi connectivity index (χ4n) is 1.59. The van der Waals surface area contributed by atoms with Crippen LogP contribution in [0.15, 0.2) is 24.3 Å². The fraction of sp³-hybridized carbons (Fsp3) is 0.636. The van der Waals surface area contributed by atoms with Crippen LogP contribution < -0.4 is 0 Å². The summed E-state index contributed by atoms with van der Waals surface area (Å²) in [4.78, 5) is 0. The Bertz CT molecular complexity index is 196. The quantitative estimate of drug-likeness (QED) is 0.676. The Morgan fingerprint density at radius 2 is 2.46 bits per heavy atom. The van der Waals surface area contributed by atoms with Crippen molar-refractivity contribution in [1.82, 2.24) is 0 Å². The molecule has 0 aromatic rings. The van der Waals surface area contributed by atoms with Crippen molar-refractivity contribution in [3.8, 4) is 0 Å². The van der Waals surface area contributed by atoms with E-state index < -0.39 is 6.29 Å². The molecule has 0 aliphatic carbocycles. The highest BCUT2D eigenvalue weighted by atomic mass is 16.6. The SMILES string of the molecule is C=C/C=C(\C)CCC1COC(O)C1. The van der Waals surface area contributed by atoms with Gasteiger partial charge in [0.05, 0.1) is 6.61 Å². The van der Waals surface area contributed by atoms with Crippen molar-refractivity contribution < 1.29 is 9.84 Å². The highest BCUT2D eigenvalue weighted by Crippen LogP contribution is 2.23. The van der Waals surface area contributed by atoms with Gasteiger partial charge in [0.25, 0.3) is 0 Å². The Kier molecular flexibility index (Phi) is 4.19. The second-order valence-corrected chi connectivity index (χ2v) is 3.68. The van der Waals surface area contributed by atoms with Crippen molar-refractivity contribution in [2.24, 2.45) is 5.92 Å². The monoisotopic (exact) mass is 182 g/mol. The first-order valence-electron chi connectivity index (χ1n) is 4.80. The third-order valence-corrected chi connectivity index (χ3v) is 2.41. The summed E-state index contributed by atoms with van der Waals surface area (Å²) in [6, 6.07) is 0. The molecule has 2 atom stereocenters. The van der Waals surface area contributed by atoms with Gasteiger partial charge in [0.15, 0.2) is 6.29 Å². The topological polar surface area (TPSA) is 29.5 Å². The van der Waals surface area contributed by atoms with E-state index in [0.717, 1.165) is 19.3 Å². The average molecular weight is 182 g/mol. The minimum Gasteiger partial charge on any atom is -0.368 e. The number of ether oxygens (including phenoxy) is 1. The number of rotatable bonds is 4. The van der Waals surface area contributed by atoms with Gasteiger partial charge in [-0.2, -0.15) is 0 Å². The van der Waals surface area contributed by atoms with Gasteiger partial charge < -0.3 is 9.84 Å². The molecule has 1 heterocycles. The van der Waals surface area contributed by atoms with Crippen LogP contribution in [0, 0.1) is 5.92 Å². The molecule has 1 saturated heterocycles. The average Bonchev–Trinajstić information content (AvgIpc) is 2.49. The normalized spacial score (nSPS) is 29.2. The Labute approximate surface area is 79.9 Å². The smallest absolute Gasteiger partial charge is 0.154 e. The van der Waals surface area contributed by atoms with Crippen molar-refractivity contribution >= 4 is 0 Å². The maximum absolute atomic E-state index is 9.12. The van der Waals surface area contributed by atoms with Crippen LogP contribution in [0.2, 0.25) is 0 Å². The summed E-state index contributed by atoms with van der Waals surface area (Å²) in [5, 5.41) is 9.12. The van der Waals surface area contributed by atoms with E-state index >= 15 is 0 Å². The molecular formula is C11H18O2. The molecule has 1 rings (SSSR count). The van der Waals surface area contributed by atoms with Gasteiger partial charge in [-0.1, -0.05) is 24.3 Å². The fourth-order valence-corrected chi connectivity index (χ4v) is 1.59. The molecule has 0 spiro atoms. The lowest BCUT2D eigenvalue weighted by molar-refractivity contribution is -0.0591. The molecular weight excluding hydrogens is 164 g/mol. The highest BCUT2D eigenvalue weighted by Gasteiger charge is 2.22. The van der Waals surface area contributed by atoms with Crippen LogP contribution in [0.5, 0.6) is 0 Å². The maximum Gasteiger partial charge on any atom is 0.154 e. The zero-order chi connectivity index (χ0) is 9.68. The summed E-state index contributed by atoms with van der Waals surface area (Å²) in [5.74, 6) is 0.531. The van der Waals surface area contributed by atoms with Crippen molar-refractivity contribution in [2.75, 3.05) is 6.61 Å². The van der Waals surface area contributed by atoms with Crippen molar-refractivity contribution in [3.05, 3.63) is 24.3 Å². The molecule has 1 aliphatic heterocycles. The van der Waals surface area contributed by atoms with E-state index in [0.29, 0.717) is 12.5 Å². The zero-order valence-electron chi connectivity index (χ0n) is 8.20. The Morgan fingerprint density at radius 3 is 3.00 bits per heavy atom. The molecule has 2 nitrogen and oxygen atoms in total. The molecule has 0 bridgehead atoms. The molecule has 2 heteroatoms. The lowest BCUT2D eigenvalue weighted by Gasteiger charge is -2.06. The number of hydrogen-bond donors (Lipinski definition) is 1. The summed E-state index contributed by atoms with van der Waals surface area (Å²) in [6.07, 6.45) is 6.30. The summed E-state index contributed by atoms with van der Waals surface area (Å²) < 4.78 is 5.07. The first kappa shape index (κ1) is 10.5. The zero-order valence-corrected chi connectivity index (χ0v) is 8.20. The largest absolute Gasteiger partial charge is 0.368 e. The van der Waals surface area contributed by atoms with Gasteiger partial charge in [-0.25, -0.2) is 0 Å². The van der Waals surface area contributed by atoms with Crippen LogP contribution >= 0.6 is 0 Å². The van der Waals surface area contributed by atoms with E-state index in [9.17, 15) is 0 Å². The predicted octanol–water partition coefficient (Wildman–Crippen LogP) is 2.25. The van der Waals surface area contributed by atoms with Gasteiger partial charge in [0, 0.05) is 6.42 Å². The van der Waals surface area contributed by atoms with E-state index in [1.54, 1.807) is 0 Å². The van der Waals surface area contributed by atoms with E-state index in [1.165, 1.54) is 5.57 Å². The van der Waals surface area contributed by atoms with E-state index in [2.05, 4.69) is 13.5 Å². The van der Waals surface area contributed by atoms with Gasteiger partial charge in [0.1, 0.15) is 0 Å². The van der Waals surface area contributed by atoms with Gasteiger partial charge in [0.2, 0.25) is 0 Å². The standard InChI is InChI=1S/C11H18O2/c1-3-4-9(2)5-6-10-7-11(12)13-8-10/h3-4,10-12H,1,5-8H2,2H3/b9-4+. The van der Waals surface area contributed by atoms with E-state index in [4.69, 9.17) is 9.84 Å². The van der Waals surface area contributed by atoms with Gasteiger partial charge in [-0.05, 0) is 25.7 Å². The van der Waals surface area contributed by atoms with Gasteiger partial charge in [-0.15, -0.1) is 0 Å². The van der Waals surface area contributed by atoms with Crippen LogP contribution in [-0.2, 0) is 4.74 Å². The number of aliphatic hydroxyl groups is 1. The molecule has 13 heavy (non-hydrogen) atoms. The first-order valence-corrected chi connectivity index (χ1v) is 4.80. The van der Waals surface area contributed by atoms with Crippen molar-refractivity contribution in [3.63, 3.8) is 0 Å². The summed E-state index contributed by atoms with van der Waals surface area (Å²) in [6.45, 7) is 6.47. The third-order valence-electron chi connectivity index (χ3n) is 2.41. The Morgan fingerprint density at radius 1 is 1.69 bits per heavy atom. The molecule has 74 valence electrons. The lowest BCUT2D eigenvalue weighted by atomic mass is 9.99. The van der Waals surface area contributed by atoms with Crippen LogP contribution in [0.1, 0.15) is 26.2 Å². The van der Waals surface area contributed by atoms with Gasteiger partial charge >= 0.3 is 0 Å². The minimum atomic E-state index is -0.520. The third kappa shape index (κ3) is 3.75. The molecule has 1 N–H and O–H groups in total. The van der Waals surface area contributed by atoms with Crippen LogP contribution in [0.3, 0.4) is 0 Å². The predicted molar refractivity (Wildman–Crippen MR) is 53.3 cm³/mol. The molecule has 0 aromatic carbocycles.